The Bertz CT molecular complexity index is 968. The Balaban J connectivity index is 2.08. The maximum Gasteiger partial charge on any atom is 0.228 e. The summed E-state index contributed by atoms with van der Waals surface area (Å²) in [6, 6.07) is 6.89. The van der Waals surface area contributed by atoms with E-state index < -0.39 is 11.8 Å². The van der Waals surface area contributed by atoms with Gasteiger partial charge in [-0.25, -0.2) is 0 Å². The third-order valence-corrected chi connectivity index (χ3v) is 5.69. The molecular formula is C24H26N2O3. The van der Waals surface area contributed by atoms with Crippen LogP contribution in [0, 0.1) is 46.8 Å². The number of benzene rings is 1. The zero-order valence-electron chi connectivity index (χ0n) is 17.1. The van der Waals surface area contributed by atoms with E-state index in [4.69, 9.17) is 5.11 Å². The Morgan fingerprint density at radius 3 is 2.55 bits per heavy atom. The highest BCUT2D eigenvalue weighted by Gasteiger charge is 2.43. The van der Waals surface area contributed by atoms with Gasteiger partial charge >= 0.3 is 0 Å². The third-order valence-electron chi connectivity index (χ3n) is 5.69. The molecule has 0 bridgehead atoms. The van der Waals surface area contributed by atoms with E-state index in [0.717, 1.165) is 30.5 Å². The second-order valence-electron chi connectivity index (χ2n) is 8.27. The number of Topliss-reactive ketones (excluding diaryl/α,β-unsaturated/α-hetero) is 1. The van der Waals surface area contributed by atoms with Gasteiger partial charge in [-0.15, -0.1) is 0 Å². The number of aliphatic hydroxyl groups excluding tert-OH is 1. The number of carbonyl (C=O) groups excluding carboxylic acids is 2. The van der Waals surface area contributed by atoms with Crippen LogP contribution >= 0.6 is 0 Å². The minimum atomic E-state index is -0.531. The second-order valence-corrected chi connectivity index (χ2v) is 8.27. The van der Waals surface area contributed by atoms with E-state index in [1.54, 1.807) is 18.2 Å². The van der Waals surface area contributed by atoms with Crippen molar-refractivity contribution in [3.8, 4) is 17.9 Å². The smallest absolute Gasteiger partial charge is 0.228 e. The summed E-state index contributed by atoms with van der Waals surface area (Å²) in [5, 5.41) is 21.3. The lowest BCUT2D eigenvalue weighted by atomic mass is 9.70. The molecule has 1 aliphatic heterocycles. The number of carbonyl (C=O) groups is 2. The number of hydrogen-bond acceptors (Lipinski definition) is 4. The van der Waals surface area contributed by atoms with E-state index in [0.29, 0.717) is 22.6 Å². The molecule has 2 N–H and O–H groups in total. The summed E-state index contributed by atoms with van der Waals surface area (Å²) < 4.78 is 0. The summed E-state index contributed by atoms with van der Waals surface area (Å²) >= 11 is 0. The van der Waals surface area contributed by atoms with Crippen molar-refractivity contribution in [3.63, 3.8) is 0 Å². The topological polar surface area (TPSA) is 90.2 Å². The predicted octanol–water partition coefficient (Wildman–Crippen LogP) is 3.18. The molecule has 1 aromatic rings. The summed E-state index contributed by atoms with van der Waals surface area (Å²) in [6.07, 6.45) is 3.13. The number of hydrogen-bond donors (Lipinski definition) is 2. The normalized spacial score (nSPS) is 21.3. The fraction of sp³-hybridized carbons (Fsp3) is 0.458. The van der Waals surface area contributed by atoms with Crippen molar-refractivity contribution in [2.75, 3.05) is 6.61 Å². The van der Waals surface area contributed by atoms with Crippen LogP contribution < -0.4 is 5.32 Å². The molecule has 2 unspecified atom stereocenters. The van der Waals surface area contributed by atoms with E-state index in [2.05, 4.69) is 23.2 Å². The molecule has 2 atom stereocenters. The molecule has 0 aromatic heterocycles. The molecule has 1 aliphatic carbocycles. The van der Waals surface area contributed by atoms with E-state index in [9.17, 15) is 14.9 Å². The minimum Gasteiger partial charge on any atom is -0.384 e. The lowest BCUT2D eigenvalue weighted by Crippen LogP contribution is -2.46. The Labute approximate surface area is 171 Å². The number of rotatable bonds is 5. The van der Waals surface area contributed by atoms with Crippen LogP contribution in [0.1, 0.15) is 61.5 Å². The summed E-state index contributed by atoms with van der Waals surface area (Å²) in [6.45, 7) is 5.50. The van der Waals surface area contributed by atoms with Crippen molar-refractivity contribution in [1.29, 1.82) is 5.26 Å². The van der Waals surface area contributed by atoms with Crippen molar-refractivity contribution >= 4 is 11.7 Å². The SMILES string of the molecule is CC1=C(CC2CC2)C(C(=O)c2cc(C#N)cc(C#CCO)c2)C(C(C)C)C(=O)N1. The van der Waals surface area contributed by atoms with E-state index in [-0.39, 0.29) is 24.2 Å². The molecule has 3 rings (SSSR count). The maximum absolute atomic E-state index is 13.7. The molecule has 5 heteroatoms. The van der Waals surface area contributed by atoms with Gasteiger partial charge in [-0.3, -0.25) is 9.59 Å². The molecule has 1 saturated carbocycles. The number of nitrogens with zero attached hydrogens (tertiary/aromatic N) is 1. The average molecular weight is 390 g/mol. The van der Waals surface area contributed by atoms with Crippen LogP contribution in [0.5, 0.6) is 0 Å². The Morgan fingerprint density at radius 1 is 1.28 bits per heavy atom. The zero-order valence-corrected chi connectivity index (χ0v) is 17.1. The Morgan fingerprint density at radius 2 is 1.97 bits per heavy atom. The average Bonchev–Trinajstić information content (AvgIpc) is 3.51. The molecule has 1 heterocycles. The van der Waals surface area contributed by atoms with Crippen molar-refractivity contribution in [2.45, 2.75) is 40.0 Å². The molecule has 1 aromatic carbocycles. The van der Waals surface area contributed by atoms with Crippen LogP contribution in [0.3, 0.4) is 0 Å². The van der Waals surface area contributed by atoms with Gasteiger partial charge in [0.2, 0.25) is 5.91 Å². The van der Waals surface area contributed by atoms with E-state index in [1.807, 2.05) is 20.8 Å². The van der Waals surface area contributed by atoms with E-state index >= 15 is 0 Å². The van der Waals surface area contributed by atoms with Crippen molar-refractivity contribution in [3.05, 3.63) is 46.2 Å². The highest BCUT2D eigenvalue weighted by molar-refractivity contribution is 6.04. The summed E-state index contributed by atoms with van der Waals surface area (Å²) in [7, 11) is 0. The van der Waals surface area contributed by atoms with Gasteiger partial charge in [0.15, 0.2) is 5.78 Å². The molecule has 0 radical (unpaired) electrons. The number of allylic oxidation sites excluding steroid dienone is 2. The van der Waals surface area contributed by atoms with Crippen LogP contribution in [0.15, 0.2) is 29.5 Å². The molecule has 150 valence electrons. The Kier molecular flexibility index (Phi) is 6.20. The van der Waals surface area contributed by atoms with Crippen LogP contribution in [0.2, 0.25) is 0 Å². The molecule has 0 saturated heterocycles. The first-order valence-corrected chi connectivity index (χ1v) is 10.0. The van der Waals surface area contributed by atoms with Gasteiger partial charge in [0.05, 0.1) is 23.5 Å². The van der Waals surface area contributed by atoms with Crippen LogP contribution in [-0.4, -0.2) is 23.4 Å². The summed E-state index contributed by atoms with van der Waals surface area (Å²) in [4.78, 5) is 26.5. The van der Waals surface area contributed by atoms with Gasteiger partial charge in [-0.2, -0.15) is 5.26 Å². The van der Waals surface area contributed by atoms with Gasteiger partial charge in [-0.1, -0.05) is 25.7 Å². The number of aliphatic hydroxyl groups is 1. The Hall–Kier alpha value is -2.89. The summed E-state index contributed by atoms with van der Waals surface area (Å²) in [5.74, 6) is 4.68. The number of nitriles is 1. The monoisotopic (exact) mass is 390 g/mol. The van der Waals surface area contributed by atoms with Gasteiger partial charge in [0.25, 0.3) is 0 Å². The first-order chi connectivity index (χ1) is 13.8. The molecule has 1 fully saturated rings. The fourth-order valence-electron chi connectivity index (χ4n) is 4.10. The number of ketones is 1. The zero-order chi connectivity index (χ0) is 21.1. The molecule has 1 amide bonds. The highest BCUT2D eigenvalue weighted by atomic mass is 16.2. The lowest BCUT2D eigenvalue weighted by Gasteiger charge is -2.36. The molecule has 2 aliphatic rings. The molecule has 5 nitrogen and oxygen atoms in total. The maximum atomic E-state index is 13.7. The van der Waals surface area contributed by atoms with Crippen molar-refractivity contribution < 1.29 is 14.7 Å². The highest BCUT2D eigenvalue weighted by Crippen LogP contribution is 2.43. The van der Waals surface area contributed by atoms with Crippen LogP contribution in [0.4, 0.5) is 0 Å². The van der Waals surface area contributed by atoms with Crippen LogP contribution in [0.25, 0.3) is 0 Å². The minimum absolute atomic E-state index is 0.000876. The van der Waals surface area contributed by atoms with Crippen LogP contribution in [-0.2, 0) is 4.79 Å². The fourth-order valence-corrected chi connectivity index (χ4v) is 4.10. The van der Waals surface area contributed by atoms with Crippen molar-refractivity contribution in [2.24, 2.45) is 23.7 Å². The third kappa shape index (κ3) is 4.58. The standard InChI is InChI=1S/C24H26N2O3/c1-14(2)21-22(20(12-16-6-7-16)15(3)26-24(21)29)23(28)19-10-17(5-4-8-27)9-18(11-19)13-25/h9-11,14,16,21-22,27H,6-8,12H2,1-3H3,(H,26,29). The molecular weight excluding hydrogens is 364 g/mol. The van der Waals surface area contributed by atoms with Gasteiger partial charge < -0.3 is 10.4 Å². The van der Waals surface area contributed by atoms with E-state index in [1.165, 1.54) is 0 Å². The summed E-state index contributed by atoms with van der Waals surface area (Å²) in [5.41, 5.74) is 3.03. The molecule has 29 heavy (non-hydrogen) atoms. The van der Waals surface area contributed by atoms with Gasteiger partial charge in [0, 0.05) is 16.8 Å². The van der Waals surface area contributed by atoms with Gasteiger partial charge in [0.1, 0.15) is 6.61 Å². The second kappa shape index (κ2) is 8.64. The van der Waals surface area contributed by atoms with Crippen molar-refractivity contribution in [1.82, 2.24) is 5.32 Å². The predicted molar refractivity (Wildman–Crippen MR) is 109 cm³/mol. The molecule has 0 spiro atoms. The lowest BCUT2D eigenvalue weighted by molar-refractivity contribution is -0.127. The quantitative estimate of drug-likeness (QED) is 0.597. The van der Waals surface area contributed by atoms with Gasteiger partial charge in [-0.05, 0) is 61.8 Å². The first kappa shape index (κ1) is 20.8. The largest absolute Gasteiger partial charge is 0.384 e. The number of amides is 1. The number of nitrogens with one attached hydrogen (secondary N) is 1. The first-order valence-electron chi connectivity index (χ1n) is 10.0.